The fourth-order valence-electron chi connectivity index (χ4n) is 4.18. The summed E-state index contributed by atoms with van der Waals surface area (Å²) in [6, 6.07) is 1.82. The van der Waals surface area contributed by atoms with E-state index in [4.69, 9.17) is 0 Å². The van der Waals surface area contributed by atoms with Crippen molar-refractivity contribution in [3.63, 3.8) is 0 Å². The van der Waals surface area contributed by atoms with E-state index >= 15 is 0 Å². The fraction of sp³-hybridized carbons (Fsp3) is 0.611. The van der Waals surface area contributed by atoms with Crippen LogP contribution in [-0.4, -0.2) is 56.5 Å². The highest BCUT2D eigenvalue weighted by Crippen LogP contribution is 2.35. The van der Waals surface area contributed by atoms with Gasteiger partial charge >= 0.3 is 0 Å². The highest BCUT2D eigenvalue weighted by Gasteiger charge is 2.38. The smallest absolute Gasteiger partial charge is 0.258 e. The van der Waals surface area contributed by atoms with Gasteiger partial charge in [-0.15, -0.1) is 0 Å². The lowest BCUT2D eigenvalue weighted by molar-refractivity contribution is 0.0706. The summed E-state index contributed by atoms with van der Waals surface area (Å²) in [5, 5.41) is 4.12. The summed E-state index contributed by atoms with van der Waals surface area (Å²) in [6.45, 7) is 3.26. The lowest BCUT2D eigenvalue weighted by Gasteiger charge is -2.48. The van der Waals surface area contributed by atoms with Crippen LogP contribution in [0.15, 0.2) is 23.4 Å². The zero-order valence-electron chi connectivity index (χ0n) is 14.5. The Morgan fingerprint density at radius 1 is 1.20 bits per heavy atom. The minimum absolute atomic E-state index is 0.115. The Morgan fingerprint density at radius 3 is 2.80 bits per heavy atom. The number of aromatic nitrogens is 3. The Morgan fingerprint density at radius 2 is 2.00 bits per heavy atom. The third-order valence-corrected chi connectivity index (χ3v) is 6.53. The first kappa shape index (κ1) is 16.8. The standard InChI is InChI=1S/C18H25N5OS/c24-17-14-10-16(19-11-15(14)21-13-22-17)20-12-18(4-2-1-3-5-18)23-6-8-25-9-7-23/h10-11,13H,1-9,12H2,(H,19,20)(H,21,22,24). The summed E-state index contributed by atoms with van der Waals surface area (Å²) in [5.74, 6) is 3.23. The van der Waals surface area contributed by atoms with Crippen molar-refractivity contribution < 1.29 is 0 Å². The van der Waals surface area contributed by atoms with Crippen LogP contribution >= 0.6 is 11.8 Å². The maximum atomic E-state index is 12.0. The van der Waals surface area contributed by atoms with Gasteiger partial charge in [0, 0.05) is 36.7 Å². The van der Waals surface area contributed by atoms with E-state index < -0.39 is 0 Å². The molecule has 0 atom stereocenters. The van der Waals surface area contributed by atoms with Crippen molar-refractivity contribution in [2.24, 2.45) is 0 Å². The number of hydrogen-bond donors (Lipinski definition) is 2. The molecule has 1 aliphatic carbocycles. The van der Waals surface area contributed by atoms with Crippen LogP contribution in [0, 0.1) is 0 Å². The third kappa shape index (κ3) is 3.53. The van der Waals surface area contributed by atoms with Gasteiger partial charge in [-0.25, -0.2) is 9.97 Å². The van der Waals surface area contributed by atoms with Gasteiger partial charge in [0.1, 0.15) is 5.82 Å². The normalized spacial score (nSPS) is 21.3. The quantitative estimate of drug-likeness (QED) is 0.874. The molecule has 1 saturated heterocycles. The number of pyridine rings is 1. The number of nitrogens with one attached hydrogen (secondary N) is 2. The lowest BCUT2D eigenvalue weighted by Crippen LogP contribution is -2.57. The summed E-state index contributed by atoms with van der Waals surface area (Å²) in [6.07, 6.45) is 9.56. The van der Waals surface area contributed by atoms with E-state index in [1.165, 1.54) is 63.0 Å². The first-order valence-corrected chi connectivity index (χ1v) is 10.3. The van der Waals surface area contributed by atoms with E-state index in [2.05, 4.69) is 36.9 Å². The lowest BCUT2D eigenvalue weighted by atomic mass is 9.80. The molecule has 4 rings (SSSR count). The molecule has 1 aliphatic heterocycles. The van der Waals surface area contributed by atoms with Gasteiger partial charge in [0.15, 0.2) is 0 Å². The molecule has 0 unspecified atom stereocenters. The van der Waals surface area contributed by atoms with Gasteiger partial charge in [-0.1, -0.05) is 19.3 Å². The molecule has 0 bridgehead atoms. The zero-order chi connectivity index (χ0) is 17.1. The number of hydrogen-bond acceptors (Lipinski definition) is 6. The highest BCUT2D eigenvalue weighted by atomic mass is 32.2. The van der Waals surface area contributed by atoms with Gasteiger partial charge < -0.3 is 10.3 Å². The average molecular weight is 359 g/mol. The van der Waals surface area contributed by atoms with Gasteiger partial charge in [-0.3, -0.25) is 9.69 Å². The van der Waals surface area contributed by atoms with Gasteiger partial charge in [0.25, 0.3) is 5.56 Å². The Labute approximate surface area is 151 Å². The molecule has 25 heavy (non-hydrogen) atoms. The summed E-state index contributed by atoms with van der Waals surface area (Å²) in [4.78, 5) is 25.9. The van der Waals surface area contributed by atoms with E-state index in [-0.39, 0.29) is 11.1 Å². The van der Waals surface area contributed by atoms with Crippen molar-refractivity contribution in [1.29, 1.82) is 0 Å². The van der Waals surface area contributed by atoms with Gasteiger partial charge in [-0.2, -0.15) is 11.8 Å². The van der Waals surface area contributed by atoms with Gasteiger partial charge in [0.2, 0.25) is 0 Å². The van der Waals surface area contributed by atoms with Crippen LogP contribution in [0.2, 0.25) is 0 Å². The minimum atomic E-state index is -0.115. The maximum absolute atomic E-state index is 12.0. The SMILES string of the molecule is O=c1[nH]cnc2cnc(NCC3(N4CCSCC4)CCCCC3)cc12. The number of thioether (sulfide) groups is 1. The van der Waals surface area contributed by atoms with Crippen molar-refractivity contribution in [3.8, 4) is 0 Å². The molecule has 0 spiro atoms. The largest absolute Gasteiger partial charge is 0.368 e. The number of anilines is 1. The number of fused-ring (bicyclic) bond motifs is 1. The molecule has 2 aromatic rings. The predicted octanol–water partition coefficient (Wildman–Crippen LogP) is 2.48. The Kier molecular flexibility index (Phi) is 4.94. The Bertz CT molecular complexity index is 780. The summed E-state index contributed by atoms with van der Waals surface area (Å²) in [5.41, 5.74) is 0.752. The van der Waals surface area contributed by atoms with E-state index in [0.717, 1.165) is 12.4 Å². The van der Waals surface area contributed by atoms with Gasteiger partial charge in [0.05, 0.1) is 23.4 Å². The maximum Gasteiger partial charge on any atom is 0.258 e. The van der Waals surface area contributed by atoms with Crippen molar-refractivity contribution in [3.05, 3.63) is 28.9 Å². The third-order valence-electron chi connectivity index (χ3n) is 5.59. The van der Waals surface area contributed by atoms with E-state index in [1.54, 1.807) is 6.20 Å². The number of rotatable bonds is 4. The van der Waals surface area contributed by atoms with Crippen molar-refractivity contribution >= 4 is 28.5 Å². The van der Waals surface area contributed by atoms with Crippen LogP contribution in [0.4, 0.5) is 5.82 Å². The molecular formula is C18H25N5OS. The molecule has 2 aliphatic rings. The van der Waals surface area contributed by atoms with E-state index in [9.17, 15) is 4.79 Å². The van der Waals surface area contributed by atoms with Crippen molar-refractivity contribution in [2.45, 2.75) is 37.6 Å². The summed E-state index contributed by atoms with van der Waals surface area (Å²) >= 11 is 2.06. The second-order valence-electron chi connectivity index (χ2n) is 7.06. The first-order valence-electron chi connectivity index (χ1n) is 9.17. The molecule has 3 heterocycles. The van der Waals surface area contributed by atoms with E-state index in [1.807, 2.05) is 6.07 Å². The van der Waals surface area contributed by atoms with Crippen LogP contribution in [0.3, 0.4) is 0 Å². The molecule has 0 amide bonds. The number of aromatic amines is 1. The molecule has 0 aromatic carbocycles. The fourth-order valence-corrected chi connectivity index (χ4v) is 5.08. The van der Waals surface area contributed by atoms with E-state index in [0.29, 0.717) is 10.9 Å². The topological polar surface area (TPSA) is 73.9 Å². The molecule has 2 aromatic heterocycles. The van der Waals surface area contributed by atoms with Crippen LogP contribution in [0.25, 0.3) is 10.9 Å². The van der Waals surface area contributed by atoms with Crippen LogP contribution in [0.5, 0.6) is 0 Å². The molecule has 1 saturated carbocycles. The second kappa shape index (κ2) is 7.33. The monoisotopic (exact) mass is 359 g/mol. The van der Waals surface area contributed by atoms with Crippen molar-refractivity contribution in [2.75, 3.05) is 36.5 Å². The summed E-state index contributed by atoms with van der Waals surface area (Å²) < 4.78 is 0. The zero-order valence-corrected chi connectivity index (χ0v) is 15.3. The molecule has 134 valence electrons. The average Bonchev–Trinajstić information content (AvgIpc) is 2.68. The molecule has 6 nitrogen and oxygen atoms in total. The molecule has 0 radical (unpaired) electrons. The van der Waals surface area contributed by atoms with Crippen molar-refractivity contribution in [1.82, 2.24) is 19.9 Å². The molecule has 2 fully saturated rings. The predicted molar refractivity (Wildman–Crippen MR) is 103 cm³/mol. The summed E-state index contributed by atoms with van der Waals surface area (Å²) in [7, 11) is 0. The van der Waals surface area contributed by atoms with Gasteiger partial charge in [-0.05, 0) is 18.9 Å². The minimum Gasteiger partial charge on any atom is -0.368 e. The van der Waals surface area contributed by atoms with Crippen LogP contribution < -0.4 is 10.9 Å². The Balaban J connectivity index is 1.54. The molecular weight excluding hydrogens is 334 g/mol. The van der Waals surface area contributed by atoms with Crippen LogP contribution in [0.1, 0.15) is 32.1 Å². The second-order valence-corrected chi connectivity index (χ2v) is 8.28. The first-order chi connectivity index (χ1) is 12.3. The highest BCUT2D eigenvalue weighted by molar-refractivity contribution is 7.99. The van der Waals surface area contributed by atoms with Crippen LogP contribution in [-0.2, 0) is 0 Å². The Hall–Kier alpha value is -1.60. The molecule has 2 N–H and O–H groups in total. The number of nitrogens with zero attached hydrogens (tertiary/aromatic N) is 3. The number of H-pyrrole nitrogens is 1. The molecule has 7 heteroatoms.